The number of aromatic carboxylic acids is 1. The second kappa shape index (κ2) is 13.2. The number of urea groups is 1. The van der Waals surface area contributed by atoms with Crippen molar-refractivity contribution in [3.05, 3.63) is 125 Å². The average molecular weight is 578 g/mol. The highest BCUT2D eigenvalue weighted by Crippen LogP contribution is 2.37. The van der Waals surface area contributed by atoms with Crippen LogP contribution in [0.4, 0.5) is 16.2 Å². The van der Waals surface area contributed by atoms with Crippen LogP contribution in [0.3, 0.4) is 0 Å². The first-order valence-electron chi connectivity index (χ1n) is 14.3. The van der Waals surface area contributed by atoms with Gasteiger partial charge in [0, 0.05) is 11.4 Å². The first-order valence-corrected chi connectivity index (χ1v) is 14.3. The minimum absolute atomic E-state index is 0.00131. The van der Waals surface area contributed by atoms with Crippen molar-refractivity contribution in [3.8, 4) is 5.75 Å². The van der Waals surface area contributed by atoms with Gasteiger partial charge in [0.15, 0.2) is 0 Å². The molecule has 1 aliphatic heterocycles. The van der Waals surface area contributed by atoms with Crippen molar-refractivity contribution >= 4 is 29.3 Å². The number of aryl methyl sites for hydroxylation is 2. The number of rotatable bonds is 9. The van der Waals surface area contributed by atoms with Gasteiger partial charge >= 0.3 is 12.0 Å². The van der Waals surface area contributed by atoms with Gasteiger partial charge in [-0.3, -0.25) is 4.79 Å². The smallest absolute Gasteiger partial charge is 0.335 e. The number of carbonyl (C=O) groups is 3. The summed E-state index contributed by atoms with van der Waals surface area (Å²) >= 11 is 0. The largest absolute Gasteiger partial charge is 0.491 e. The van der Waals surface area contributed by atoms with E-state index >= 15 is 0 Å². The first kappa shape index (κ1) is 29.4. The second-order valence-electron chi connectivity index (χ2n) is 10.8. The Bertz CT molecular complexity index is 1600. The Balaban J connectivity index is 1.27. The number of likely N-dealkylation sites (tertiary alicyclic amines) is 1. The Hall–Kier alpha value is -5.11. The van der Waals surface area contributed by atoms with Gasteiger partial charge in [-0.15, -0.1) is 0 Å². The molecule has 0 aromatic heterocycles. The van der Waals surface area contributed by atoms with Gasteiger partial charge in [-0.1, -0.05) is 60.7 Å². The maximum atomic E-state index is 13.9. The van der Waals surface area contributed by atoms with Crippen molar-refractivity contribution < 1.29 is 24.2 Å². The molecule has 4 aromatic rings. The van der Waals surface area contributed by atoms with Crippen LogP contribution in [0.15, 0.2) is 97.1 Å². The Kier molecular flexibility index (Phi) is 9.05. The zero-order valence-corrected chi connectivity index (χ0v) is 24.2. The van der Waals surface area contributed by atoms with E-state index in [0.717, 1.165) is 40.8 Å². The van der Waals surface area contributed by atoms with Crippen LogP contribution in [0.25, 0.3) is 0 Å². The van der Waals surface area contributed by atoms with Gasteiger partial charge in [0.25, 0.3) is 0 Å². The van der Waals surface area contributed by atoms with Crippen LogP contribution in [0.2, 0.25) is 0 Å². The molecule has 5 rings (SSSR count). The molecule has 0 radical (unpaired) electrons. The fraction of sp³-hybridized carbons (Fsp3) is 0.229. The van der Waals surface area contributed by atoms with Gasteiger partial charge in [0.2, 0.25) is 5.91 Å². The van der Waals surface area contributed by atoms with Crippen molar-refractivity contribution in [1.29, 1.82) is 0 Å². The number of para-hydroxylation sites is 1. The first-order chi connectivity index (χ1) is 20.8. The molecule has 3 amide bonds. The van der Waals surface area contributed by atoms with E-state index in [9.17, 15) is 14.4 Å². The van der Waals surface area contributed by atoms with Gasteiger partial charge in [0.1, 0.15) is 12.4 Å². The number of carboxylic acids is 1. The zero-order chi connectivity index (χ0) is 30.3. The fourth-order valence-electron chi connectivity index (χ4n) is 5.54. The van der Waals surface area contributed by atoms with E-state index in [2.05, 4.69) is 10.6 Å². The van der Waals surface area contributed by atoms with Gasteiger partial charge in [-0.2, -0.15) is 0 Å². The molecule has 0 bridgehead atoms. The topological polar surface area (TPSA) is 108 Å². The molecule has 1 aliphatic rings. The molecular weight excluding hydrogens is 542 g/mol. The van der Waals surface area contributed by atoms with E-state index < -0.39 is 5.97 Å². The maximum Gasteiger partial charge on any atom is 0.335 e. The van der Waals surface area contributed by atoms with Crippen LogP contribution < -0.4 is 15.4 Å². The lowest BCUT2D eigenvalue weighted by Gasteiger charge is -2.31. The number of hydrogen-bond acceptors (Lipinski definition) is 4. The number of amides is 3. The summed E-state index contributed by atoms with van der Waals surface area (Å²) in [5.74, 6) is -0.432. The summed E-state index contributed by atoms with van der Waals surface area (Å²) in [4.78, 5) is 39.6. The van der Waals surface area contributed by atoms with E-state index in [0.29, 0.717) is 18.0 Å². The number of nitrogens with one attached hydrogen (secondary N) is 2. The molecule has 220 valence electrons. The number of benzene rings is 4. The van der Waals surface area contributed by atoms with Crippen LogP contribution >= 0.6 is 0 Å². The lowest BCUT2D eigenvalue weighted by molar-refractivity contribution is -0.134. The normalized spacial score (nSPS) is 16.0. The molecule has 1 unspecified atom stereocenters. The minimum atomic E-state index is -0.991. The number of ether oxygens (including phenoxy) is 1. The third-order valence-corrected chi connectivity index (χ3v) is 7.81. The molecule has 8 heteroatoms. The van der Waals surface area contributed by atoms with Crippen LogP contribution in [0, 0.1) is 13.8 Å². The minimum Gasteiger partial charge on any atom is -0.491 e. The summed E-state index contributed by atoms with van der Waals surface area (Å²) in [6, 6.07) is 29.0. The Labute approximate surface area is 251 Å². The average Bonchev–Trinajstić information content (AvgIpc) is 3.43. The number of nitrogens with zero attached hydrogens (tertiary/aromatic N) is 1. The van der Waals surface area contributed by atoms with Crippen LogP contribution in [0.5, 0.6) is 5.75 Å². The van der Waals surface area contributed by atoms with Crippen molar-refractivity contribution in [2.75, 3.05) is 17.2 Å². The molecule has 2 atom stereocenters. The number of hydrogen-bond donors (Lipinski definition) is 3. The van der Waals surface area contributed by atoms with Crippen LogP contribution in [-0.2, 0) is 11.2 Å². The van der Waals surface area contributed by atoms with Crippen LogP contribution in [0.1, 0.15) is 51.5 Å². The highest BCUT2D eigenvalue weighted by atomic mass is 16.5. The van der Waals surface area contributed by atoms with Crippen LogP contribution in [-0.4, -0.2) is 40.6 Å². The lowest BCUT2D eigenvalue weighted by atomic mass is 10.0. The van der Waals surface area contributed by atoms with Gasteiger partial charge in [-0.25, -0.2) is 9.59 Å². The quantitative estimate of drug-likeness (QED) is 0.199. The Morgan fingerprint density at radius 3 is 2.16 bits per heavy atom. The standard InChI is InChI=1S/C35H35N3O5/c1-23-8-6-7-11-30(23)36-35(42)37-31-18-12-25(20-24(31)2)21-33(39)38-28(15-19-32(38)26-9-4-3-5-10-26)22-43-29-16-13-27(14-17-29)34(40)41/h3-14,16-18,20,28,32H,15,19,21-22H2,1-2H3,(H,40,41)(H2,36,37,42)/t28-,32?/m0/s1. The number of carbonyl (C=O) groups excluding carboxylic acids is 2. The summed E-state index contributed by atoms with van der Waals surface area (Å²) in [5.41, 5.74) is 5.38. The van der Waals surface area contributed by atoms with Gasteiger partial charge in [0.05, 0.1) is 24.1 Å². The van der Waals surface area contributed by atoms with Crippen molar-refractivity contribution in [1.82, 2.24) is 4.90 Å². The summed E-state index contributed by atoms with van der Waals surface area (Å²) in [5, 5.41) is 14.9. The fourth-order valence-corrected chi connectivity index (χ4v) is 5.54. The molecule has 1 heterocycles. The number of anilines is 2. The summed E-state index contributed by atoms with van der Waals surface area (Å²) in [6.45, 7) is 4.15. The van der Waals surface area contributed by atoms with E-state index in [-0.39, 0.29) is 36.0 Å². The number of carboxylic acid groups (broad SMARTS) is 1. The predicted molar refractivity (Wildman–Crippen MR) is 167 cm³/mol. The third kappa shape index (κ3) is 7.22. The Morgan fingerprint density at radius 2 is 1.49 bits per heavy atom. The molecule has 0 spiro atoms. The van der Waals surface area contributed by atoms with Gasteiger partial charge < -0.3 is 25.4 Å². The monoisotopic (exact) mass is 577 g/mol. The van der Waals surface area contributed by atoms with Gasteiger partial charge in [-0.05, 0) is 85.3 Å². The molecule has 3 N–H and O–H groups in total. The summed E-state index contributed by atoms with van der Waals surface area (Å²) in [6.07, 6.45) is 1.82. The van der Waals surface area contributed by atoms with Crippen molar-refractivity contribution in [3.63, 3.8) is 0 Å². The van der Waals surface area contributed by atoms with E-state index in [1.165, 1.54) is 12.1 Å². The molecule has 1 fully saturated rings. The molecule has 0 saturated carbocycles. The predicted octanol–water partition coefficient (Wildman–Crippen LogP) is 7.00. The molecule has 1 saturated heterocycles. The third-order valence-electron chi connectivity index (χ3n) is 7.81. The lowest BCUT2D eigenvalue weighted by Crippen LogP contribution is -2.41. The van der Waals surface area contributed by atoms with Crippen molar-refractivity contribution in [2.45, 2.75) is 45.2 Å². The molecule has 8 nitrogen and oxygen atoms in total. The molecular formula is C35H35N3O5. The molecule has 4 aromatic carbocycles. The summed E-state index contributed by atoms with van der Waals surface area (Å²) < 4.78 is 6.03. The maximum absolute atomic E-state index is 13.9. The summed E-state index contributed by atoms with van der Waals surface area (Å²) in [7, 11) is 0. The molecule has 43 heavy (non-hydrogen) atoms. The SMILES string of the molecule is Cc1ccccc1NC(=O)Nc1ccc(CC(=O)N2C(c3ccccc3)CC[C@H]2COc2ccc(C(=O)O)cc2)cc1C. The molecule has 0 aliphatic carbocycles. The van der Waals surface area contributed by atoms with E-state index in [1.807, 2.05) is 91.5 Å². The Morgan fingerprint density at radius 1 is 0.814 bits per heavy atom. The van der Waals surface area contributed by atoms with Crippen molar-refractivity contribution in [2.24, 2.45) is 0 Å². The highest BCUT2D eigenvalue weighted by Gasteiger charge is 2.38. The highest BCUT2D eigenvalue weighted by molar-refractivity contribution is 6.00. The second-order valence-corrected chi connectivity index (χ2v) is 10.8. The zero-order valence-electron chi connectivity index (χ0n) is 24.2. The van der Waals surface area contributed by atoms with E-state index in [1.54, 1.807) is 12.1 Å². The van der Waals surface area contributed by atoms with E-state index in [4.69, 9.17) is 9.84 Å².